The van der Waals surface area contributed by atoms with Gasteiger partial charge in [-0.2, -0.15) is 0 Å². The van der Waals surface area contributed by atoms with Crippen LogP contribution in [0.3, 0.4) is 0 Å². The highest BCUT2D eigenvalue weighted by molar-refractivity contribution is 7.20. The smallest absolute Gasteiger partial charge is 0.159 e. The minimum absolute atomic E-state index is 0.522. The van der Waals surface area contributed by atoms with Gasteiger partial charge in [-0.15, -0.1) is 21.5 Å². The lowest BCUT2D eigenvalue weighted by Crippen LogP contribution is -2.24. The van der Waals surface area contributed by atoms with E-state index in [2.05, 4.69) is 34.3 Å². The molecule has 0 aliphatic rings. The molecule has 4 nitrogen and oxygen atoms in total. The first-order chi connectivity index (χ1) is 7.75. The average molecular weight is 254 g/mol. The van der Waals surface area contributed by atoms with Gasteiger partial charge in [0.1, 0.15) is 5.01 Å². The van der Waals surface area contributed by atoms with Crippen LogP contribution in [0.15, 0.2) is 11.7 Å². The Morgan fingerprint density at radius 2 is 2.25 bits per heavy atom. The zero-order valence-electron chi connectivity index (χ0n) is 9.30. The molecule has 0 aromatic carbocycles. The van der Waals surface area contributed by atoms with Gasteiger partial charge in [-0.05, 0) is 0 Å². The van der Waals surface area contributed by atoms with Crippen LogP contribution in [0, 0.1) is 0 Å². The van der Waals surface area contributed by atoms with E-state index in [0.717, 1.165) is 27.9 Å². The van der Waals surface area contributed by atoms with Crippen LogP contribution < -0.4 is 5.32 Å². The average Bonchev–Trinajstić information content (AvgIpc) is 2.85. The third-order valence-electron chi connectivity index (χ3n) is 2.00. The Morgan fingerprint density at radius 1 is 1.38 bits per heavy atom. The molecule has 2 aromatic rings. The van der Waals surface area contributed by atoms with Crippen LogP contribution in [-0.4, -0.2) is 27.8 Å². The van der Waals surface area contributed by atoms with Crippen molar-refractivity contribution in [2.75, 3.05) is 6.54 Å². The fourth-order valence-corrected chi connectivity index (χ4v) is 2.76. The molecule has 1 N–H and O–H groups in total. The van der Waals surface area contributed by atoms with Gasteiger partial charge < -0.3 is 5.32 Å². The minimum Gasteiger partial charge on any atom is -0.314 e. The molecule has 0 spiro atoms. The van der Waals surface area contributed by atoms with Crippen molar-refractivity contribution in [3.63, 3.8) is 0 Å². The molecule has 0 amide bonds. The number of aromatic nitrogens is 3. The summed E-state index contributed by atoms with van der Waals surface area (Å²) in [5.41, 5.74) is 1.82. The second-order valence-corrected chi connectivity index (χ2v) is 5.67. The van der Waals surface area contributed by atoms with E-state index < -0.39 is 0 Å². The van der Waals surface area contributed by atoms with Gasteiger partial charge >= 0.3 is 0 Å². The number of nitrogens with zero attached hydrogens (tertiary/aromatic N) is 3. The lowest BCUT2D eigenvalue weighted by Gasteiger charge is -2.04. The molecule has 0 atom stereocenters. The van der Waals surface area contributed by atoms with Crippen LogP contribution in [0.5, 0.6) is 0 Å². The van der Waals surface area contributed by atoms with Gasteiger partial charge in [0.15, 0.2) is 5.01 Å². The first kappa shape index (κ1) is 11.6. The number of hydrogen-bond donors (Lipinski definition) is 1. The molecular formula is C10H14N4S2. The molecule has 2 rings (SSSR count). The fourth-order valence-electron chi connectivity index (χ4n) is 1.24. The van der Waals surface area contributed by atoms with Crippen molar-refractivity contribution >= 4 is 22.7 Å². The third-order valence-corrected chi connectivity index (χ3v) is 3.93. The van der Waals surface area contributed by atoms with Gasteiger partial charge in [0.2, 0.25) is 0 Å². The summed E-state index contributed by atoms with van der Waals surface area (Å²) in [5.74, 6) is 0. The van der Waals surface area contributed by atoms with E-state index in [4.69, 9.17) is 0 Å². The standard InChI is InChI=1S/C10H14N4S2/c1-7(2)12-4-3-9-13-14-10(16-9)8-5-11-6-15-8/h5-7,12H,3-4H2,1-2H3. The molecule has 0 saturated heterocycles. The molecule has 0 fully saturated rings. The summed E-state index contributed by atoms with van der Waals surface area (Å²) >= 11 is 3.25. The number of nitrogens with one attached hydrogen (secondary N) is 1. The van der Waals surface area contributed by atoms with Gasteiger partial charge in [-0.25, -0.2) is 0 Å². The van der Waals surface area contributed by atoms with Crippen molar-refractivity contribution in [2.24, 2.45) is 0 Å². The van der Waals surface area contributed by atoms with Crippen molar-refractivity contribution in [3.8, 4) is 9.88 Å². The number of hydrogen-bond acceptors (Lipinski definition) is 6. The topological polar surface area (TPSA) is 50.7 Å². The minimum atomic E-state index is 0.522. The van der Waals surface area contributed by atoms with E-state index >= 15 is 0 Å². The summed E-state index contributed by atoms with van der Waals surface area (Å²) in [5, 5.41) is 13.8. The largest absolute Gasteiger partial charge is 0.314 e. The Morgan fingerprint density at radius 3 is 2.94 bits per heavy atom. The second kappa shape index (κ2) is 5.47. The summed E-state index contributed by atoms with van der Waals surface area (Å²) in [4.78, 5) is 5.14. The van der Waals surface area contributed by atoms with Crippen molar-refractivity contribution in [1.29, 1.82) is 0 Å². The van der Waals surface area contributed by atoms with Crippen LogP contribution in [0.1, 0.15) is 18.9 Å². The Hall–Kier alpha value is -0.850. The van der Waals surface area contributed by atoms with Crippen molar-refractivity contribution < 1.29 is 0 Å². The highest BCUT2D eigenvalue weighted by Gasteiger charge is 2.07. The highest BCUT2D eigenvalue weighted by atomic mass is 32.1. The molecule has 6 heteroatoms. The van der Waals surface area contributed by atoms with Gasteiger partial charge in [0.25, 0.3) is 0 Å². The predicted molar refractivity (Wildman–Crippen MR) is 67.9 cm³/mol. The van der Waals surface area contributed by atoms with Crippen LogP contribution in [0.2, 0.25) is 0 Å². The number of rotatable bonds is 5. The molecule has 0 bridgehead atoms. The molecule has 2 aromatic heterocycles. The van der Waals surface area contributed by atoms with Crippen LogP contribution in [0.4, 0.5) is 0 Å². The van der Waals surface area contributed by atoms with Gasteiger partial charge in [0, 0.05) is 25.2 Å². The Labute approximate surface area is 103 Å². The van der Waals surface area contributed by atoms with Gasteiger partial charge in [-0.1, -0.05) is 25.2 Å². The van der Waals surface area contributed by atoms with E-state index in [1.54, 1.807) is 22.7 Å². The SMILES string of the molecule is CC(C)NCCc1nnc(-c2cncs2)s1. The Kier molecular flexibility index (Phi) is 3.98. The normalized spacial score (nSPS) is 11.2. The summed E-state index contributed by atoms with van der Waals surface area (Å²) in [6, 6.07) is 0.522. The molecule has 2 heterocycles. The van der Waals surface area contributed by atoms with E-state index in [-0.39, 0.29) is 0 Å². The Balaban J connectivity index is 1.93. The molecule has 0 radical (unpaired) electrons. The monoisotopic (exact) mass is 254 g/mol. The van der Waals surface area contributed by atoms with Gasteiger partial charge in [-0.3, -0.25) is 4.98 Å². The van der Waals surface area contributed by atoms with E-state index in [9.17, 15) is 0 Å². The molecule has 0 saturated carbocycles. The van der Waals surface area contributed by atoms with E-state index in [0.29, 0.717) is 6.04 Å². The van der Waals surface area contributed by atoms with Crippen LogP contribution >= 0.6 is 22.7 Å². The molecule has 0 unspecified atom stereocenters. The van der Waals surface area contributed by atoms with Crippen LogP contribution in [0.25, 0.3) is 9.88 Å². The quantitative estimate of drug-likeness (QED) is 0.888. The summed E-state index contributed by atoms with van der Waals surface area (Å²) in [6.45, 7) is 5.24. The maximum Gasteiger partial charge on any atom is 0.159 e. The maximum atomic E-state index is 4.18. The first-order valence-corrected chi connectivity index (χ1v) is 6.90. The summed E-state index contributed by atoms with van der Waals surface area (Å²) < 4.78 is 0. The van der Waals surface area contributed by atoms with Gasteiger partial charge in [0.05, 0.1) is 10.4 Å². The second-order valence-electron chi connectivity index (χ2n) is 3.73. The first-order valence-electron chi connectivity index (χ1n) is 5.20. The van der Waals surface area contributed by atoms with E-state index in [1.165, 1.54) is 0 Å². The molecule has 16 heavy (non-hydrogen) atoms. The third kappa shape index (κ3) is 3.07. The zero-order chi connectivity index (χ0) is 11.4. The molecule has 0 aliphatic heterocycles. The van der Waals surface area contributed by atoms with Crippen LogP contribution in [-0.2, 0) is 6.42 Å². The maximum absolute atomic E-state index is 4.18. The van der Waals surface area contributed by atoms with Crippen molar-refractivity contribution in [1.82, 2.24) is 20.5 Å². The molecule has 0 aliphatic carbocycles. The summed E-state index contributed by atoms with van der Waals surface area (Å²) in [6.07, 6.45) is 2.77. The van der Waals surface area contributed by atoms with Crippen molar-refractivity contribution in [2.45, 2.75) is 26.3 Å². The molecule has 86 valence electrons. The predicted octanol–water partition coefficient (Wildman–Crippen LogP) is 2.20. The zero-order valence-corrected chi connectivity index (χ0v) is 10.9. The number of thiazole rings is 1. The Bertz CT molecular complexity index is 422. The summed E-state index contributed by atoms with van der Waals surface area (Å²) in [7, 11) is 0. The fraction of sp³-hybridized carbons (Fsp3) is 0.500. The van der Waals surface area contributed by atoms with Crippen molar-refractivity contribution in [3.05, 3.63) is 16.7 Å². The highest BCUT2D eigenvalue weighted by Crippen LogP contribution is 2.26. The van der Waals surface area contributed by atoms with E-state index in [1.807, 2.05) is 11.7 Å². The lowest BCUT2D eigenvalue weighted by atomic mass is 10.3. The molecular weight excluding hydrogens is 240 g/mol. The lowest BCUT2D eigenvalue weighted by molar-refractivity contribution is 0.588.